The second kappa shape index (κ2) is 5.64. The molecule has 0 spiro atoms. The molecule has 72 valence electrons. The number of carbonyl (C=O) groups is 1. The molecule has 1 atom stereocenters. The van der Waals surface area contributed by atoms with Gasteiger partial charge in [0.05, 0.1) is 6.61 Å². The van der Waals surface area contributed by atoms with Gasteiger partial charge in [-0.1, -0.05) is 0 Å². The average Bonchev–Trinajstić information content (AvgIpc) is 2.00. The molecule has 1 amide bonds. The first-order valence-corrected chi connectivity index (χ1v) is 3.18. The van der Waals surface area contributed by atoms with Crippen molar-refractivity contribution in [2.75, 3.05) is 6.61 Å². The zero-order chi connectivity index (χ0) is 9.56. The molecule has 7 heteroatoms. The van der Waals surface area contributed by atoms with Crippen LogP contribution in [0.2, 0.25) is 0 Å². The van der Waals surface area contributed by atoms with E-state index in [1.807, 2.05) is 0 Å². The van der Waals surface area contributed by atoms with Crippen LogP contribution >= 0.6 is 0 Å². The highest BCUT2D eigenvalue weighted by Gasteiger charge is 2.18. The highest BCUT2D eigenvalue weighted by atomic mass is 19.3. The molecule has 0 aliphatic rings. The maximum absolute atomic E-state index is 12.0. The minimum Gasteiger partial charge on any atom is -0.449 e. The van der Waals surface area contributed by atoms with Gasteiger partial charge in [0.25, 0.3) is 6.43 Å². The lowest BCUT2D eigenvalue weighted by atomic mass is 10.7. The van der Waals surface area contributed by atoms with Crippen LogP contribution in [-0.4, -0.2) is 25.4 Å². The normalized spacial score (nSPS) is 12.8. The van der Waals surface area contributed by atoms with Crippen LogP contribution in [0.4, 0.5) is 18.0 Å². The van der Waals surface area contributed by atoms with Gasteiger partial charge in [0.1, 0.15) is 0 Å². The second-order valence-electron chi connectivity index (χ2n) is 1.73. The Balaban J connectivity index is 3.47. The summed E-state index contributed by atoms with van der Waals surface area (Å²) in [6.45, 7) is 1.61. The van der Waals surface area contributed by atoms with Gasteiger partial charge in [-0.05, 0) is 6.92 Å². The first kappa shape index (κ1) is 11.0. The van der Waals surface area contributed by atoms with E-state index in [0.29, 0.717) is 0 Å². The maximum atomic E-state index is 12.0. The third-order valence-corrected chi connectivity index (χ3v) is 0.809. The topological polar surface area (TPSA) is 50.4 Å². The molecule has 0 aromatic heterocycles. The molecule has 0 aromatic carbocycles. The molecule has 0 saturated heterocycles. The van der Waals surface area contributed by atoms with Gasteiger partial charge in [-0.25, -0.2) is 18.0 Å². The molecule has 0 bridgehead atoms. The third-order valence-electron chi connectivity index (χ3n) is 0.809. The molecule has 4 nitrogen and oxygen atoms in total. The van der Waals surface area contributed by atoms with Gasteiger partial charge in [0.15, 0.2) is 0 Å². The SMILES string of the molecule is CCOC(=O)NNC(F)C(F)F. The van der Waals surface area contributed by atoms with Crippen LogP contribution in [0.15, 0.2) is 0 Å². The smallest absolute Gasteiger partial charge is 0.421 e. The monoisotopic (exact) mass is 186 g/mol. The van der Waals surface area contributed by atoms with Crippen LogP contribution in [-0.2, 0) is 4.74 Å². The number of ether oxygens (including phenoxy) is 1. The van der Waals surface area contributed by atoms with Gasteiger partial charge in [0.2, 0.25) is 6.30 Å². The quantitative estimate of drug-likeness (QED) is 0.504. The molecule has 0 aliphatic carbocycles. The Morgan fingerprint density at radius 1 is 1.50 bits per heavy atom. The molecule has 0 rings (SSSR count). The van der Waals surface area contributed by atoms with Crippen LogP contribution < -0.4 is 10.9 Å². The molecule has 1 unspecified atom stereocenters. The van der Waals surface area contributed by atoms with Gasteiger partial charge >= 0.3 is 6.09 Å². The predicted molar refractivity (Wildman–Crippen MR) is 34.2 cm³/mol. The minimum absolute atomic E-state index is 0.0825. The fourth-order valence-corrected chi connectivity index (χ4v) is 0.358. The van der Waals surface area contributed by atoms with Crippen molar-refractivity contribution < 1.29 is 22.7 Å². The first-order chi connectivity index (χ1) is 5.57. The number of hydrogen-bond donors (Lipinski definition) is 2. The highest BCUT2D eigenvalue weighted by molar-refractivity contribution is 5.66. The molecule has 0 saturated carbocycles. The van der Waals surface area contributed by atoms with E-state index in [9.17, 15) is 18.0 Å². The van der Waals surface area contributed by atoms with Crippen LogP contribution in [0.5, 0.6) is 0 Å². The molecule has 0 aliphatic heterocycles. The number of alkyl halides is 3. The van der Waals surface area contributed by atoms with E-state index in [2.05, 4.69) is 4.74 Å². The first-order valence-electron chi connectivity index (χ1n) is 3.18. The van der Waals surface area contributed by atoms with E-state index in [1.54, 1.807) is 5.43 Å². The Morgan fingerprint density at radius 3 is 2.50 bits per heavy atom. The summed E-state index contributed by atoms with van der Waals surface area (Å²) >= 11 is 0. The van der Waals surface area contributed by atoms with Crippen molar-refractivity contribution in [3.05, 3.63) is 0 Å². The van der Waals surface area contributed by atoms with E-state index in [0.717, 1.165) is 0 Å². The fraction of sp³-hybridized carbons (Fsp3) is 0.800. The second-order valence-corrected chi connectivity index (χ2v) is 1.73. The number of hydrazine groups is 1. The Kier molecular flexibility index (Phi) is 5.18. The third kappa shape index (κ3) is 4.78. The molecule has 0 heterocycles. The number of hydrogen-bond acceptors (Lipinski definition) is 3. The van der Waals surface area contributed by atoms with Crippen molar-refractivity contribution in [2.45, 2.75) is 19.6 Å². The van der Waals surface area contributed by atoms with Crippen molar-refractivity contribution in [3.8, 4) is 0 Å². The zero-order valence-electron chi connectivity index (χ0n) is 6.31. The van der Waals surface area contributed by atoms with Crippen molar-refractivity contribution in [2.24, 2.45) is 0 Å². The molecule has 0 fully saturated rings. The number of carbonyl (C=O) groups excluding carboxylic acids is 1. The lowest BCUT2D eigenvalue weighted by Crippen LogP contribution is -2.45. The highest BCUT2D eigenvalue weighted by Crippen LogP contribution is 1.99. The van der Waals surface area contributed by atoms with Crippen LogP contribution in [0, 0.1) is 0 Å². The zero-order valence-corrected chi connectivity index (χ0v) is 6.31. The van der Waals surface area contributed by atoms with E-state index in [1.165, 1.54) is 12.3 Å². The lowest BCUT2D eigenvalue weighted by Gasteiger charge is -2.09. The summed E-state index contributed by atoms with van der Waals surface area (Å²) in [6.07, 6.45) is -6.78. The Hall–Kier alpha value is -0.980. The van der Waals surface area contributed by atoms with E-state index in [4.69, 9.17) is 0 Å². The summed E-state index contributed by atoms with van der Waals surface area (Å²) in [4.78, 5) is 10.4. The molecule has 12 heavy (non-hydrogen) atoms. The van der Waals surface area contributed by atoms with Crippen LogP contribution in [0.25, 0.3) is 0 Å². The molecule has 2 N–H and O–H groups in total. The summed E-state index contributed by atoms with van der Waals surface area (Å²) in [5.41, 5.74) is 3.02. The largest absolute Gasteiger partial charge is 0.449 e. The lowest BCUT2D eigenvalue weighted by molar-refractivity contribution is 0.0214. The van der Waals surface area contributed by atoms with Crippen molar-refractivity contribution in [1.29, 1.82) is 0 Å². The summed E-state index contributed by atoms with van der Waals surface area (Å²) in [5, 5.41) is 0. The summed E-state index contributed by atoms with van der Waals surface area (Å²) in [5.74, 6) is 0. The minimum atomic E-state index is -3.19. The Morgan fingerprint density at radius 2 is 2.08 bits per heavy atom. The van der Waals surface area contributed by atoms with Crippen LogP contribution in [0.1, 0.15) is 6.92 Å². The van der Waals surface area contributed by atoms with Gasteiger partial charge in [-0.15, -0.1) is 0 Å². The standard InChI is InChI=1S/C5H9F3N2O2/c1-2-12-5(11)10-9-4(8)3(6)7/h3-4,9H,2H2,1H3,(H,10,11). The fourth-order valence-electron chi connectivity index (χ4n) is 0.358. The van der Waals surface area contributed by atoms with Crippen molar-refractivity contribution in [1.82, 2.24) is 10.9 Å². The van der Waals surface area contributed by atoms with Gasteiger partial charge in [0, 0.05) is 0 Å². The molecule has 0 aromatic rings. The van der Waals surface area contributed by atoms with Gasteiger partial charge in [-0.3, -0.25) is 5.43 Å². The van der Waals surface area contributed by atoms with Crippen molar-refractivity contribution >= 4 is 6.09 Å². The number of rotatable bonds is 4. The maximum Gasteiger partial charge on any atom is 0.421 e. The van der Waals surface area contributed by atoms with E-state index < -0.39 is 18.8 Å². The molecule has 0 radical (unpaired) electrons. The number of halogens is 3. The van der Waals surface area contributed by atoms with E-state index in [-0.39, 0.29) is 6.61 Å². The summed E-state index contributed by atoms with van der Waals surface area (Å²) in [6, 6.07) is 0. The van der Waals surface area contributed by atoms with E-state index >= 15 is 0 Å². The average molecular weight is 186 g/mol. The molecular formula is C5H9F3N2O2. The van der Waals surface area contributed by atoms with Crippen LogP contribution in [0.3, 0.4) is 0 Å². The summed E-state index contributed by atoms with van der Waals surface area (Å²) < 4.78 is 39.1. The van der Waals surface area contributed by atoms with Crippen molar-refractivity contribution in [3.63, 3.8) is 0 Å². The Bertz CT molecular complexity index is 145. The Labute approximate surface area is 67.0 Å². The van der Waals surface area contributed by atoms with Gasteiger partial charge < -0.3 is 4.74 Å². The summed E-state index contributed by atoms with van der Waals surface area (Å²) in [7, 11) is 0. The predicted octanol–water partition coefficient (Wildman–Crippen LogP) is 0.798. The van der Waals surface area contributed by atoms with Gasteiger partial charge in [-0.2, -0.15) is 5.43 Å². The molecular weight excluding hydrogens is 177 g/mol. The number of amides is 1. The number of nitrogens with one attached hydrogen (secondary N) is 2.